The summed E-state index contributed by atoms with van der Waals surface area (Å²) in [6, 6.07) is -1.02. The number of carbonyl (C=O) groups excluding carboxylic acids is 1. The van der Waals surface area contributed by atoms with E-state index in [0.717, 1.165) is 0 Å². The first-order valence-electron chi connectivity index (χ1n) is 6.11. The Labute approximate surface area is 121 Å². The standard InChI is InChI=1S/C10H20N6O5/c1-15(2)6-8(17)13-7(9(18)19)4-3-5-12-10(11)14-16(20)21/h7H,3-6H2,1-2H3,(H,13,17)(H,18,19)(H3,11,12,14)/t7-/m0/s1. The third kappa shape index (κ3) is 10.1. The van der Waals surface area contributed by atoms with E-state index in [1.807, 2.05) is 0 Å². The second kappa shape index (κ2) is 9.47. The van der Waals surface area contributed by atoms with Crippen LogP contribution in [0.5, 0.6) is 0 Å². The molecule has 0 rings (SSSR count). The zero-order valence-corrected chi connectivity index (χ0v) is 11.9. The number of hydrogen-bond donors (Lipinski definition) is 4. The Morgan fingerprint density at radius 2 is 2.10 bits per heavy atom. The highest BCUT2D eigenvalue weighted by Crippen LogP contribution is 1.97. The fraction of sp³-hybridized carbons (Fsp3) is 0.700. The minimum Gasteiger partial charge on any atom is -0.480 e. The van der Waals surface area contributed by atoms with Gasteiger partial charge in [-0.2, -0.15) is 0 Å². The van der Waals surface area contributed by atoms with Crippen molar-refractivity contribution in [3.05, 3.63) is 10.1 Å². The van der Waals surface area contributed by atoms with E-state index in [0.29, 0.717) is 6.42 Å². The molecule has 0 spiro atoms. The van der Waals surface area contributed by atoms with Crippen LogP contribution in [-0.4, -0.2) is 66.1 Å². The Kier molecular flexibility index (Phi) is 8.37. The third-order valence-corrected chi connectivity index (χ3v) is 2.26. The summed E-state index contributed by atoms with van der Waals surface area (Å²) in [7, 11) is 3.38. The zero-order valence-electron chi connectivity index (χ0n) is 11.9. The average molecular weight is 304 g/mol. The van der Waals surface area contributed by atoms with Crippen LogP contribution in [0.3, 0.4) is 0 Å². The van der Waals surface area contributed by atoms with E-state index in [9.17, 15) is 19.7 Å². The second-order valence-corrected chi connectivity index (χ2v) is 4.49. The molecule has 11 heteroatoms. The van der Waals surface area contributed by atoms with Gasteiger partial charge >= 0.3 is 5.97 Å². The van der Waals surface area contributed by atoms with Gasteiger partial charge in [-0.25, -0.2) is 14.9 Å². The van der Waals surface area contributed by atoms with E-state index >= 15 is 0 Å². The van der Waals surface area contributed by atoms with Crippen molar-refractivity contribution in [2.45, 2.75) is 18.9 Å². The van der Waals surface area contributed by atoms with Crippen LogP contribution in [0.4, 0.5) is 0 Å². The van der Waals surface area contributed by atoms with Crippen LogP contribution in [0, 0.1) is 10.1 Å². The third-order valence-electron chi connectivity index (χ3n) is 2.26. The lowest BCUT2D eigenvalue weighted by molar-refractivity contribution is -0.485. The molecule has 11 nitrogen and oxygen atoms in total. The van der Waals surface area contributed by atoms with Gasteiger partial charge in [0, 0.05) is 6.54 Å². The van der Waals surface area contributed by atoms with Gasteiger partial charge in [0.2, 0.25) is 5.91 Å². The molecular formula is C10H20N6O5. The summed E-state index contributed by atoms with van der Waals surface area (Å²) in [4.78, 5) is 34.1. The highest BCUT2D eigenvalue weighted by atomic mass is 16.7. The van der Waals surface area contributed by atoms with Crippen LogP contribution in [0.25, 0.3) is 0 Å². The zero-order chi connectivity index (χ0) is 16.4. The van der Waals surface area contributed by atoms with Crippen LogP contribution in [0.1, 0.15) is 12.8 Å². The SMILES string of the molecule is CN(C)CC(=O)N[C@@H](CCCN/C(N)=N\[N+](=O)[O-])C(=O)O. The molecule has 0 saturated carbocycles. The molecule has 0 aliphatic rings. The number of likely N-dealkylation sites (N-methyl/N-ethyl adjacent to an activating group) is 1. The molecule has 1 atom stereocenters. The first-order chi connectivity index (χ1) is 9.72. The van der Waals surface area contributed by atoms with Gasteiger partial charge in [0.25, 0.3) is 5.96 Å². The summed E-state index contributed by atoms with van der Waals surface area (Å²) in [6.45, 7) is 0.293. The predicted molar refractivity (Wildman–Crippen MR) is 74.0 cm³/mol. The van der Waals surface area contributed by atoms with Crippen LogP contribution < -0.4 is 16.4 Å². The van der Waals surface area contributed by atoms with Crippen molar-refractivity contribution < 1.29 is 19.7 Å². The van der Waals surface area contributed by atoms with Gasteiger partial charge in [-0.05, 0) is 26.9 Å². The second-order valence-electron chi connectivity index (χ2n) is 4.49. The number of aliphatic carboxylic acids is 1. The maximum Gasteiger partial charge on any atom is 0.326 e. The Morgan fingerprint density at radius 3 is 2.57 bits per heavy atom. The molecule has 120 valence electrons. The summed E-state index contributed by atoms with van der Waals surface area (Å²) in [5.41, 5.74) is 5.19. The molecule has 0 aliphatic heterocycles. The lowest BCUT2D eigenvalue weighted by atomic mass is 10.1. The molecule has 0 fully saturated rings. The number of rotatable bonds is 9. The van der Waals surface area contributed by atoms with E-state index < -0.39 is 23.0 Å². The van der Waals surface area contributed by atoms with Crippen molar-refractivity contribution in [3.8, 4) is 0 Å². The van der Waals surface area contributed by atoms with Crippen LogP contribution >= 0.6 is 0 Å². The van der Waals surface area contributed by atoms with Gasteiger partial charge in [-0.1, -0.05) is 0 Å². The van der Waals surface area contributed by atoms with Gasteiger partial charge in [0.1, 0.15) is 11.1 Å². The number of amides is 1. The molecule has 0 unspecified atom stereocenters. The fourth-order valence-corrected chi connectivity index (χ4v) is 1.43. The predicted octanol–water partition coefficient (Wildman–Crippen LogP) is -2.01. The Hall–Kier alpha value is -2.43. The van der Waals surface area contributed by atoms with Crippen LogP contribution in [-0.2, 0) is 9.59 Å². The number of carbonyl (C=O) groups is 2. The normalized spacial score (nSPS) is 12.8. The van der Waals surface area contributed by atoms with Gasteiger partial charge in [-0.15, -0.1) is 0 Å². The van der Waals surface area contributed by atoms with Crippen molar-refractivity contribution in [2.75, 3.05) is 27.2 Å². The summed E-state index contributed by atoms with van der Waals surface area (Å²) in [5.74, 6) is -1.90. The number of nitrogens with two attached hydrogens (primary N) is 1. The molecule has 0 radical (unpaired) electrons. The topological polar surface area (TPSA) is 163 Å². The number of carboxylic acids is 1. The molecule has 0 aliphatic carbocycles. The largest absolute Gasteiger partial charge is 0.480 e. The van der Waals surface area contributed by atoms with Crippen molar-refractivity contribution in [2.24, 2.45) is 10.8 Å². The molecule has 0 aromatic heterocycles. The summed E-state index contributed by atoms with van der Waals surface area (Å²) >= 11 is 0. The highest BCUT2D eigenvalue weighted by molar-refractivity contribution is 5.84. The molecular weight excluding hydrogens is 284 g/mol. The minimum absolute atomic E-state index is 0.0878. The number of hydrogen-bond acceptors (Lipinski definition) is 5. The monoisotopic (exact) mass is 304 g/mol. The Bertz CT molecular complexity index is 411. The van der Waals surface area contributed by atoms with Crippen molar-refractivity contribution in [1.29, 1.82) is 0 Å². The number of nitrogens with zero attached hydrogens (tertiary/aromatic N) is 3. The molecule has 0 heterocycles. The molecule has 0 saturated heterocycles. The van der Waals surface area contributed by atoms with Crippen molar-refractivity contribution in [1.82, 2.24) is 15.5 Å². The quantitative estimate of drug-likeness (QED) is 0.125. The lowest BCUT2D eigenvalue weighted by Crippen LogP contribution is -2.44. The Balaban J connectivity index is 4.14. The van der Waals surface area contributed by atoms with Crippen LogP contribution in [0.2, 0.25) is 0 Å². The molecule has 1 amide bonds. The summed E-state index contributed by atoms with van der Waals surface area (Å²) in [6.07, 6.45) is 0.500. The number of nitro groups is 1. The van der Waals surface area contributed by atoms with E-state index in [4.69, 9.17) is 10.8 Å². The average Bonchev–Trinajstić information content (AvgIpc) is 2.30. The molecule has 0 aromatic carbocycles. The van der Waals surface area contributed by atoms with E-state index in [-0.39, 0.29) is 25.5 Å². The highest BCUT2D eigenvalue weighted by Gasteiger charge is 2.19. The maximum atomic E-state index is 11.5. The van der Waals surface area contributed by atoms with Crippen LogP contribution in [0.15, 0.2) is 5.10 Å². The lowest BCUT2D eigenvalue weighted by Gasteiger charge is -2.16. The van der Waals surface area contributed by atoms with Crippen molar-refractivity contribution in [3.63, 3.8) is 0 Å². The number of guanidine groups is 1. The van der Waals surface area contributed by atoms with Crippen molar-refractivity contribution >= 4 is 17.8 Å². The smallest absolute Gasteiger partial charge is 0.326 e. The molecule has 0 aromatic rings. The maximum absolute atomic E-state index is 11.5. The van der Waals surface area contributed by atoms with Gasteiger partial charge < -0.3 is 26.4 Å². The Morgan fingerprint density at radius 1 is 1.48 bits per heavy atom. The molecule has 21 heavy (non-hydrogen) atoms. The fourth-order valence-electron chi connectivity index (χ4n) is 1.43. The van der Waals surface area contributed by atoms with Gasteiger partial charge in [-0.3, -0.25) is 4.79 Å². The molecule has 5 N–H and O–H groups in total. The first-order valence-corrected chi connectivity index (χ1v) is 6.11. The van der Waals surface area contributed by atoms with E-state index in [1.165, 1.54) is 0 Å². The summed E-state index contributed by atoms with van der Waals surface area (Å²) < 4.78 is 0. The number of hydrazone groups is 1. The van der Waals surface area contributed by atoms with Gasteiger partial charge in [0.05, 0.1) is 6.54 Å². The number of nitrogens with one attached hydrogen (secondary N) is 2. The molecule has 0 bridgehead atoms. The first kappa shape index (κ1) is 18.6. The van der Waals surface area contributed by atoms with E-state index in [2.05, 4.69) is 15.7 Å². The van der Waals surface area contributed by atoms with E-state index in [1.54, 1.807) is 19.0 Å². The number of carboxylic acid groups (broad SMARTS) is 1. The summed E-state index contributed by atoms with van der Waals surface area (Å²) in [5, 5.41) is 25.8. The van der Waals surface area contributed by atoms with Gasteiger partial charge in [0.15, 0.2) is 5.03 Å². The minimum atomic E-state index is -1.14.